The molecule has 0 aliphatic heterocycles. The van der Waals surface area contributed by atoms with Crippen molar-refractivity contribution in [3.8, 4) is 0 Å². The largest absolute Gasteiger partial charge is 0.345 e. The predicted molar refractivity (Wildman–Crippen MR) is 122 cm³/mol. The average molecular weight is 441 g/mol. The molecule has 1 atom stereocenters. The number of hydrogen-bond acceptors (Lipinski definition) is 4. The van der Waals surface area contributed by atoms with Crippen molar-refractivity contribution in [1.29, 1.82) is 0 Å². The van der Waals surface area contributed by atoms with Crippen LogP contribution in [0.15, 0.2) is 59.5 Å². The molecule has 1 heterocycles. The molecule has 3 aromatic rings. The van der Waals surface area contributed by atoms with Crippen molar-refractivity contribution in [2.24, 2.45) is 7.05 Å². The quantitative estimate of drug-likeness (QED) is 0.607. The molecule has 7 nitrogen and oxygen atoms in total. The van der Waals surface area contributed by atoms with E-state index in [1.165, 1.54) is 16.4 Å². The van der Waals surface area contributed by atoms with Crippen LogP contribution in [0, 0.1) is 13.8 Å². The van der Waals surface area contributed by atoms with Crippen LogP contribution in [0.1, 0.15) is 47.2 Å². The zero-order valence-electron chi connectivity index (χ0n) is 18.5. The minimum absolute atomic E-state index is 0.0762. The monoisotopic (exact) mass is 440 g/mol. The molecule has 164 valence electrons. The topological polar surface area (TPSA) is 84.3 Å². The minimum Gasteiger partial charge on any atom is -0.345 e. The molecule has 1 unspecified atom stereocenters. The first-order valence-electron chi connectivity index (χ1n) is 10.2. The van der Waals surface area contributed by atoms with Crippen LogP contribution in [-0.4, -0.2) is 30.7 Å². The highest BCUT2D eigenvalue weighted by molar-refractivity contribution is 7.92. The Bertz CT molecular complexity index is 1190. The molecule has 8 heteroatoms. The van der Waals surface area contributed by atoms with Crippen LogP contribution in [0.2, 0.25) is 0 Å². The summed E-state index contributed by atoms with van der Waals surface area (Å²) >= 11 is 0. The number of anilines is 1. The van der Waals surface area contributed by atoms with Gasteiger partial charge in [-0.15, -0.1) is 0 Å². The van der Waals surface area contributed by atoms with E-state index in [-0.39, 0.29) is 29.0 Å². The molecule has 1 N–H and O–H groups in total. The third-order valence-corrected chi connectivity index (χ3v) is 7.26. The fourth-order valence-electron chi connectivity index (χ4n) is 3.78. The number of rotatable bonds is 7. The second kappa shape index (κ2) is 8.93. The summed E-state index contributed by atoms with van der Waals surface area (Å²) in [6, 6.07) is 14.8. The Morgan fingerprint density at radius 1 is 1.13 bits per heavy atom. The fourth-order valence-corrected chi connectivity index (χ4v) is 5.30. The number of para-hydroxylation sites is 1. The molecule has 0 radical (unpaired) electrons. The SMILES string of the molecule is CCN(c1ccccc1)S(=O)(=O)c1cccc(C(=O)NC(C)c2c(C)nn(C)c2C)c1. The lowest BCUT2D eigenvalue weighted by Crippen LogP contribution is -2.31. The number of carbonyl (C=O) groups excluding carboxylic acids is 1. The lowest BCUT2D eigenvalue weighted by Gasteiger charge is -2.23. The highest BCUT2D eigenvalue weighted by Crippen LogP contribution is 2.25. The summed E-state index contributed by atoms with van der Waals surface area (Å²) in [6.07, 6.45) is 0. The van der Waals surface area contributed by atoms with Crippen molar-refractivity contribution in [3.63, 3.8) is 0 Å². The van der Waals surface area contributed by atoms with E-state index in [0.29, 0.717) is 5.69 Å². The minimum atomic E-state index is -3.81. The standard InChI is InChI=1S/C23H28N4O3S/c1-6-27(20-12-8-7-9-13-20)31(29,30)21-14-10-11-19(15-21)23(28)24-16(2)22-17(3)25-26(5)18(22)4/h7-16H,6H2,1-5H3,(H,24,28). The molecule has 1 amide bonds. The van der Waals surface area contributed by atoms with Crippen molar-refractivity contribution in [2.45, 2.75) is 38.6 Å². The lowest BCUT2D eigenvalue weighted by molar-refractivity contribution is 0.0939. The second-order valence-electron chi connectivity index (χ2n) is 7.44. The third kappa shape index (κ3) is 4.49. The number of sulfonamides is 1. The summed E-state index contributed by atoms with van der Waals surface area (Å²) in [7, 11) is -1.95. The van der Waals surface area contributed by atoms with Gasteiger partial charge in [0.05, 0.1) is 22.3 Å². The second-order valence-corrected chi connectivity index (χ2v) is 9.30. The maximum Gasteiger partial charge on any atom is 0.264 e. The van der Waals surface area contributed by atoms with Gasteiger partial charge in [-0.1, -0.05) is 24.3 Å². The summed E-state index contributed by atoms with van der Waals surface area (Å²) in [6.45, 7) is 7.81. The Labute approximate surface area is 183 Å². The third-order valence-electron chi connectivity index (χ3n) is 5.36. The molecule has 0 aliphatic carbocycles. The predicted octanol–water partition coefficient (Wildman–Crippen LogP) is 3.74. The number of aryl methyl sites for hydroxylation is 2. The van der Waals surface area contributed by atoms with Crippen LogP contribution in [0.3, 0.4) is 0 Å². The molecule has 0 fully saturated rings. The van der Waals surface area contributed by atoms with E-state index < -0.39 is 10.0 Å². The van der Waals surface area contributed by atoms with Crippen LogP contribution >= 0.6 is 0 Å². The molecule has 0 aliphatic rings. The maximum atomic E-state index is 13.3. The maximum absolute atomic E-state index is 13.3. The van der Waals surface area contributed by atoms with Crippen LogP contribution in [-0.2, 0) is 17.1 Å². The molecule has 3 rings (SSSR count). The van der Waals surface area contributed by atoms with Gasteiger partial charge in [0.25, 0.3) is 15.9 Å². The van der Waals surface area contributed by atoms with Gasteiger partial charge < -0.3 is 5.32 Å². The van der Waals surface area contributed by atoms with E-state index >= 15 is 0 Å². The van der Waals surface area contributed by atoms with Crippen molar-refractivity contribution >= 4 is 21.6 Å². The molecule has 31 heavy (non-hydrogen) atoms. The van der Waals surface area contributed by atoms with Crippen molar-refractivity contribution in [2.75, 3.05) is 10.8 Å². The summed E-state index contributed by atoms with van der Waals surface area (Å²) in [5.74, 6) is -0.338. The summed E-state index contributed by atoms with van der Waals surface area (Å²) in [4.78, 5) is 13.0. The molecule has 2 aromatic carbocycles. The first-order valence-corrected chi connectivity index (χ1v) is 11.6. The lowest BCUT2D eigenvalue weighted by atomic mass is 10.1. The van der Waals surface area contributed by atoms with Gasteiger partial charge in [-0.25, -0.2) is 8.42 Å². The van der Waals surface area contributed by atoms with E-state index in [0.717, 1.165) is 17.0 Å². The Kier molecular flexibility index (Phi) is 6.50. The van der Waals surface area contributed by atoms with Crippen LogP contribution < -0.4 is 9.62 Å². The van der Waals surface area contributed by atoms with Gasteiger partial charge in [-0.05, 0) is 58.0 Å². The molecule has 1 aromatic heterocycles. The molecular formula is C23H28N4O3S. The number of nitrogens with zero attached hydrogens (tertiary/aromatic N) is 3. The molecule has 0 saturated heterocycles. The zero-order chi connectivity index (χ0) is 22.8. The Hall–Kier alpha value is -3.13. The highest BCUT2D eigenvalue weighted by Gasteiger charge is 2.25. The molecular weight excluding hydrogens is 412 g/mol. The normalized spacial score (nSPS) is 12.4. The number of nitrogens with one attached hydrogen (secondary N) is 1. The number of carbonyl (C=O) groups is 1. The van der Waals surface area contributed by atoms with E-state index in [1.807, 2.05) is 33.9 Å². The van der Waals surface area contributed by atoms with E-state index in [1.54, 1.807) is 48.0 Å². The average Bonchev–Trinajstić information content (AvgIpc) is 3.00. The van der Waals surface area contributed by atoms with Crippen LogP contribution in [0.25, 0.3) is 0 Å². The van der Waals surface area contributed by atoms with Gasteiger partial charge in [0.2, 0.25) is 0 Å². The Balaban J connectivity index is 1.87. The number of hydrogen-bond donors (Lipinski definition) is 1. The van der Waals surface area contributed by atoms with Gasteiger partial charge in [0.15, 0.2) is 0 Å². The first-order chi connectivity index (χ1) is 14.7. The number of benzene rings is 2. The van der Waals surface area contributed by atoms with Crippen LogP contribution in [0.5, 0.6) is 0 Å². The van der Waals surface area contributed by atoms with Gasteiger partial charge >= 0.3 is 0 Å². The molecule has 0 saturated carbocycles. The van der Waals surface area contributed by atoms with Gasteiger partial charge in [0, 0.05) is 30.4 Å². The van der Waals surface area contributed by atoms with E-state index in [4.69, 9.17) is 0 Å². The van der Waals surface area contributed by atoms with E-state index in [9.17, 15) is 13.2 Å². The van der Waals surface area contributed by atoms with Gasteiger partial charge in [-0.3, -0.25) is 13.8 Å². The smallest absolute Gasteiger partial charge is 0.264 e. The fraction of sp³-hybridized carbons (Fsp3) is 0.304. The van der Waals surface area contributed by atoms with Crippen molar-refractivity contribution < 1.29 is 13.2 Å². The van der Waals surface area contributed by atoms with Crippen molar-refractivity contribution in [3.05, 3.63) is 77.1 Å². The first kappa shape index (κ1) is 22.6. The number of amides is 1. The summed E-state index contributed by atoms with van der Waals surface area (Å²) in [5, 5.41) is 7.36. The van der Waals surface area contributed by atoms with Gasteiger partial charge in [-0.2, -0.15) is 5.10 Å². The van der Waals surface area contributed by atoms with Gasteiger partial charge in [0.1, 0.15) is 0 Å². The van der Waals surface area contributed by atoms with Crippen LogP contribution in [0.4, 0.5) is 5.69 Å². The molecule has 0 bridgehead atoms. The summed E-state index contributed by atoms with van der Waals surface area (Å²) in [5.41, 5.74) is 3.65. The Morgan fingerprint density at radius 2 is 1.81 bits per heavy atom. The summed E-state index contributed by atoms with van der Waals surface area (Å²) < 4.78 is 29.6. The van der Waals surface area contributed by atoms with E-state index in [2.05, 4.69) is 10.4 Å². The highest BCUT2D eigenvalue weighted by atomic mass is 32.2. The zero-order valence-corrected chi connectivity index (χ0v) is 19.3. The van der Waals surface area contributed by atoms with Crippen molar-refractivity contribution in [1.82, 2.24) is 15.1 Å². The molecule has 0 spiro atoms. The Morgan fingerprint density at radius 3 is 2.39 bits per heavy atom. The number of aromatic nitrogens is 2.